The number of hydrogen-bond donors (Lipinski definition) is 2. The van der Waals surface area contributed by atoms with E-state index in [4.69, 9.17) is 4.74 Å². The molecule has 0 spiro atoms. The number of ether oxygens (including phenoxy) is 1. The maximum absolute atomic E-state index is 12.6. The lowest BCUT2D eigenvalue weighted by molar-refractivity contribution is -0.139. The topological polar surface area (TPSA) is 110 Å². The van der Waals surface area contributed by atoms with Gasteiger partial charge in [-0.05, 0) is 25.0 Å². The number of nitrogens with one attached hydrogen (secondary N) is 1. The summed E-state index contributed by atoms with van der Waals surface area (Å²) in [5.74, 6) is -1.22. The summed E-state index contributed by atoms with van der Waals surface area (Å²) in [7, 11) is -4.53. The third kappa shape index (κ3) is 9.89. The van der Waals surface area contributed by atoms with Gasteiger partial charge in [0, 0.05) is 6.42 Å². The first-order valence-corrected chi connectivity index (χ1v) is 11.8. The van der Waals surface area contributed by atoms with Crippen LogP contribution in [0, 0.1) is 0 Å². The van der Waals surface area contributed by atoms with Gasteiger partial charge in [-0.15, -0.1) is 0 Å². The Morgan fingerprint density at radius 1 is 1.00 bits per heavy atom. The molecule has 0 fully saturated rings. The molecule has 0 aliphatic rings. The van der Waals surface area contributed by atoms with Gasteiger partial charge in [-0.25, -0.2) is 4.79 Å². The zero-order chi connectivity index (χ0) is 21.7. The molecule has 1 aromatic carbocycles. The molecular weight excluding hydrogens is 394 g/mol. The first-order chi connectivity index (χ1) is 13.8. The van der Waals surface area contributed by atoms with Gasteiger partial charge >= 0.3 is 5.97 Å². The normalized spacial score (nSPS) is 12.4. The summed E-state index contributed by atoms with van der Waals surface area (Å²) in [6, 6.07) is 4.48. The Labute approximate surface area is 174 Å². The summed E-state index contributed by atoms with van der Waals surface area (Å²) in [5.41, 5.74) is 0. The lowest BCUT2D eigenvalue weighted by Gasteiger charge is -2.18. The van der Waals surface area contributed by atoms with Gasteiger partial charge in [0.25, 0.3) is 10.1 Å². The van der Waals surface area contributed by atoms with Gasteiger partial charge in [0.1, 0.15) is 10.9 Å². The van der Waals surface area contributed by atoms with E-state index in [1.165, 1.54) is 31.0 Å². The highest BCUT2D eigenvalue weighted by Gasteiger charge is 2.25. The summed E-state index contributed by atoms with van der Waals surface area (Å²) < 4.78 is 37.4. The van der Waals surface area contributed by atoms with E-state index < -0.39 is 27.0 Å². The van der Waals surface area contributed by atoms with Gasteiger partial charge < -0.3 is 10.1 Å². The third-order valence-electron chi connectivity index (χ3n) is 4.56. The van der Waals surface area contributed by atoms with Crippen LogP contribution >= 0.6 is 0 Å². The van der Waals surface area contributed by atoms with Crippen molar-refractivity contribution in [1.29, 1.82) is 0 Å². The number of amides is 1. The van der Waals surface area contributed by atoms with Crippen LogP contribution in [0.15, 0.2) is 29.2 Å². The summed E-state index contributed by atoms with van der Waals surface area (Å²) in [6.45, 7) is 4.12. The van der Waals surface area contributed by atoms with E-state index in [0.717, 1.165) is 38.2 Å². The molecule has 0 radical (unpaired) electrons. The van der Waals surface area contributed by atoms with E-state index in [2.05, 4.69) is 12.2 Å². The number of rotatable bonds is 14. The number of carbonyl (C=O) groups is 2. The van der Waals surface area contributed by atoms with Crippen LogP contribution in [-0.4, -0.2) is 30.9 Å². The first-order valence-electron chi connectivity index (χ1n) is 10.4. The van der Waals surface area contributed by atoms with Crippen molar-refractivity contribution in [2.45, 2.75) is 89.0 Å². The molecule has 8 heteroatoms. The van der Waals surface area contributed by atoms with Crippen molar-refractivity contribution in [3.63, 3.8) is 0 Å². The molecule has 0 aromatic heterocycles. The zero-order valence-electron chi connectivity index (χ0n) is 17.4. The van der Waals surface area contributed by atoms with Crippen molar-refractivity contribution in [3.05, 3.63) is 24.3 Å². The van der Waals surface area contributed by atoms with E-state index in [1.807, 2.05) is 6.92 Å². The highest BCUT2D eigenvalue weighted by Crippen LogP contribution is 2.23. The molecule has 1 aromatic rings. The second-order valence-corrected chi connectivity index (χ2v) is 8.51. The van der Waals surface area contributed by atoms with Gasteiger partial charge in [0.15, 0.2) is 5.75 Å². The average Bonchev–Trinajstić information content (AvgIpc) is 2.67. The van der Waals surface area contributed by atoms with Crippen molar-refractivity contribution in [3.8, 4) is 5.75 Å². The fourth-order valence-corrected chi connectivity index (χ4v) is 3.53. The van der Waals surface area contributed by atoms with Crippen molar-refractivity contribution < 1.29 is 27.3 Å². The van der Waals surface area contributed by atoms with Crippen LogP contribution < -0.4 is 10.1 Å². The Balaban J connectivity index is 2.68. The Morgan fingerprint density at radius 2 is 1.62 bits per heavy atom. The predicted octanol–water partition coefficient (Wildman–Crippen LogP) is 4.26. The van der Waals surface area contributed by atoms with E-state index >= 15 is 0 Å². The van der Waals surface area contributed by atoms with Crippen LogP contribution in [0.3, 0.4) is 0 Å². The maximum atomic E-state index is 12.6. The summed E-state index contributed by atoms with van der Waals surface area (Å²) >= 11 is 0. The molecule has 164 valence electrons. The van der Waals surface area contributed by atoms with Crippen LogP contribution in [0.4, 0.5) is 0 Å². The molecule has 0 saturated carbocycles. The molecule has 2 N–H and O–H groups in total. The molecule has 1 rings (SSSR count). The minimum absolute atomic E-state index is 0.221. The maximum Gasteiger partial charge on any atom is 0.334 e. The lowest BCUT2D eigenvalue weighted by atomic mass is 10.1. The number of hydrogen-bond acceptors (Lipinski definition) is 5. The Morgan fingerprint density at radius 3 is 2.28 bits per heavy atom. The Hall–Kier alpha value is -1.93. The van der Waals surface area contributed by atoms with Crippen molar-refractivity contribution in [2.75, 3.05) is 0 Å². The SMILES string of the molecule is CCCCCCCCC(=O)NC(CCCC)C(=O)Oc1ccccc1S(=O)(=O)O. The summed E-state index contributed by atoms with van der Waals surface area (Å²) in [4.78, 5) is 24.3. The van der Waals surface area contributed by atoms with Crippen LogP contribution in [0.2, 0.25) is 0 Å². The molecule has 0 bridgehead atoms. The number of benzene rings is 1. The molecule has 0 aliphatic carbocycles. The first kappa shape index (κ1) is 25.1. The number of esters is 1. The van der Waals surface area contributed by atoms with Crippen molar-refractivity contribution >= 4 is 22.0 Å². The minimum atomic E-state index is -4.53. The van der Waals surface area contributed by atoms with Gasteiger partial charge in [-0.2, -0.15) is 8.42 Å². The monoisotopic (exact) mass is 427 g/mol. The second-order valence-electron chi connectivity index (χ2n) is 7.12. The number of unbranched alkanes of at least 4 members (excludes halogenated alkanes) is 6. The number of para-hydroxylation sites is 1. The van der Waals surface area contributed by atoms with Crippen molar-refractivity contribution in [2.24, 2.45) is 0 Å². The molecule has 29 heavy (non-hydrogen) atoms. The minimum Gasteiger partial charge on any atom is -0.424 e. The van der Waals surface area contributed by atoms with Crippen LogP contribution in [0.25, 0.3) is 0 Å². The standard InChI is InChI=1S/C21H33NO6S/c1-3-5-7-8-9-10-16-20(23)22-17(13-6-4-2)21(24)28-18-14-11-12-15-19(18)29(25,26)27/h11-12,14-15,17H,3-10,13,16H2,1-2H3,(H,22,23)(H,25,26,27). The number of carbonyl (C=O) groups excluding carboxylic acids is 2. The average molecular weight is 428 g/mol. The molecular formula is C21H33NO6S. The van der Waals surface area contributed by atoms with Gasteiger partial charge in [-0.3, -0.25) is 9.35 Å². The second kappa shape index (κ2) is 13.3. The molecule has 1 amide bonds. The summed E-state index contributed by atoms with van der Waals surface area (Å²) in [5, 5.41) is 2.71. The quantitative estimate of drug-likeness (QED) is 0.199. The Bertz CT molecular complexity index is 747. The van der Waals surface area contributed by atoms with E-state index in [-0.39, 0.29) is 11.7 Å². The van der Waals surface area contributed by atoms with Crippen molar-refractivity contribution in [1.82, 2.24) is 5.32 Å². The van der Waals surface area contributed by atoms with Crippen LogP contribution in [0.5, 0.6) is 5.75 Å². The zero-order valence-corrected chi connectivity index (χ0v) is 18.2. The highest BCUT2D eigenvalue weighted by molar-refractivity contribution is 7.86. The lowest BCUT2D eigenvalue weighted by Crippen LogP contribution is -2.43. The molecule has 1 atom stereocenters. The molecule has 7 nitrogen and oxygen atoms in total. The summed E-state index contributed by atoms with van der Waals surface area (Å²) in [6.07, 6.45) is 8.62. The predicted molar refractivity (Wildman–Crippen MR) is 111 cm³/mol. The molecule has 0 saturated heterocycles. The fourth-order valence-electron chi connectivity index (χ4n) is 2.92. The van der Waals surface area contributed by atoms with Gasteiger partial charge in [0.2, 0.25) is 5.91 Å². The van der Waals surface area contributed by atoms with Crippen LogP contribution in [0.1, 0.15) is 78.1 Å². The fraction of sp³-hybridized carbons (Fsp3) is 0.619. The largest absolute Gasteiger partial charge is 0.424 e. The van der Waals surface area contributed by atoms with E-state index in [9.17, 15) is 22.6 Å². The Kier molecular flexibility index (Phi) is 11.5. The molecule has 1 unspecified atom stereocenters. The highest BCUT2D eigenvalue weighted by atomic mass is 32.2. The van der Waals surface area contributed by atoms with Gasteiger partial charge in [-0.1, -0.05) is 70.9 Å². The smallest absolute Gasteiger partial charge is 0.334 e. The third-order valence-corrected chi connectivity index (χ3v) is 5.45. The van der Waals surface area contributed by atoms with Crippen LogP contribution in [-0.2, 0) is 19.7 Å². The van der Waals surface area contributed by atoms with Gasteiger partial charge in [0.05, 0.1) is 0 Å². The molecule has 0 aliphatic heterocycles. The van der Waals surface area contributed by atoms with E-state index in [0.29, 0.717) is 19.3 Å². The van der Waals surface area contributed by atoms with E-state index in [1.54, 1.807) is 0 Å². The molecule has 0 heterocycles.